The first kappa shape index (κ1) is 13.2. The number of carbonyl (C=O) groups excluding carboxylic acids is 1. The molecule has 1 aliphatic rings. The van der Waals surface area contributed by atoms with Crippen molar-refractivity contribution in [3.05, 3.63) is 54.1 Å². The van der Waals surface area contributed by atoms with Gasteiger partial charge >= 0.3 is 5.97 Å². The zero-order valence-electron chi connectivity index (χ0n) is 10.2. The first-order chi connectivity index (χ1) is 8.26. The molecule has 1 fully saturated rings. The number of esters is 1. The smallest absolute Gasteiger partial charge is 0.330 e. The second kappa shape index (κ2) is 7.44. The molecule has 90 valence electrons. The van der Waals surface area contributed by atoms with Crippen molar-refractivity contribution < 1.29 is 9.53 Å². The third kappa shape index (κ3) is 6.36. The predicted molar refractivity (Wildman–Crippen MR) is 70.5 cm³/mol. The normalized spacial score (nSPS) is 11.9. The SMILES string of the molecule is C(=C1CC1)c1ccccc1.C=CC(=O)OCC. The highest BCUT2D eigenvalue weighted by atomic mass is 16.5. The van der Waals surface area contributed by atoms with Crippen molar-refractivity contribution >= 4 is 12.0 Å². The number of carbonyl (C=O) groups is 1. The van der Waals surface area contributed by atoms with E-state index < -0.39 is 0 Å². The van der Waals surface area contributed by atoms with Crippen molar-refractivity contribution in [2.24, 2.45) is 0 Å². The van der Waals surface area contributed by atoms with Crippen LogP contribution in [0.5, 0.6) is 0 Å². The zero-order chi connectivity index (χ0) is 12.5. The molecule has 0 radical (unpaired) electrons. The molecule has 0 aliphatic heterocycles. The van der Waals surface area contributed by atoms with E-state index in [9.17, 15) is 4.79 Å². The van der Waals surface area contributed by atoms with E-state index in [1.807, 2.05) is 0 Å². The van der Waals surface area contributed by atoms with Crippen molar-refractivity contribution in [3.63, 3.8) is 0 Å². The molecule has 2 heteroatoms. The summed E-state index contributed by atoms with van der Waals surface area (Å²) in [4.78, 5) is 10.1. The lowest BCUT2D eigenvalue weighted by atomic mass is 10.2. The molecule has 0 amide bonds. The molecule has 0 N–H and O–H groups in total. The fraction of sp³-hybridized carbons (Fsp3) is 0.267. The Kier molecular flexibility index (Phi) is 5.80. The zero-order valence-corrected chi connectivity index (χ0v) is 10.2. The Morgan fingerprint density at radius 2 is 2.00 bits per heavy atom. The lowest BCUT2D eigenvalue weighted by Gasteiger charge is -1.90. The maximum Gasteiger partial charge on any atom is 0.330 e. The van der Waals surface area contributed by atoms with Gasteiger partial charge in [-0.2, -0.15) is 0 Å². The van der Waals surface area contributed by atoms with Crippen LogP contribution >= 0.6 is 0 Å². The molecule has 0 unspecified atom stereocenters. The summed E-state index contributed by atoms with van der Waals surface area (Å²) in [5.41, 5.74) is 2.93. The molecule has 1 saturated carbocycles. The third-order valence-electron chi connectivity index (χ3n) is 2.16. The minimum absolute atomic E-state index is 0.359. The number of rotatable bonds is 3. The van der Waals surface area contributed by atoms with E-state index in [4.69, 9.17) is 0 Å². The molecule has 1 aromatic carbocycles. The van der Waals surface area contributed by atoms with Crippen molar-refractivity contribution in [2.75, 3.05) is 6.61 Å². The molecule has 2 rings (SSSR count). The standard InChI is InChI=1S/C10H10.C5H8O2/c1-2-4-9(5-3-1)8-10-6-7-10;1-3-5(6)7-4-2/h1-5,8H,6-7H2;3H,1,4H2,2H3. The summed E-state index contributed by atoms with van der Waals surface area (Å²) in [6.07, 6.45) is 6.05. The van der Waals surface area contributed by atoms with Gasteiger partial charge in [0.2, 0.25) is 0 Å². The number of ether oxygens (including phenoxy) is 1. The molecule has 1 aromatic rings. The molecule has 0 bridgehead atoms. The van der Waals surface area contributed by atoms with Gasteiger partial charge in [-0.15, -0.1) is 0 Å². The highest BCUT2D eigenvalue weighted by Crippen LogP contribution is 2.29. The van der Waals surface area contributed by atoms with Gasteiger partial charge in [-0.1, -0.05) is 48.6 Å². The Morgan fingerprint density at radius 1 is 1.35 bits per heavy atom. The minimum atomic E-state index is -0.359. The molecule has 1 aliphatic carbocycles. The highest BCUT2D eigenvalue weighted by molar-refractivity contribution is 5.81. The van der Waals surface area contributed by atoms with E-state index in [0.717, 1.165) is 6.08 Å². The topological polar surface area (TPSA) is 26.3 Å². The lowest BCUT2D eigenvalue weighted by Crippen LogP contribution is -1.97. The van der Waals surface area contributed by atoms with Gasteiger partial charge in [-0.25, -0.2) is 4.79 Å². The van der Waals surface area contributed by atoms with Gasteiger partial charge in [0.1, 0.15) is 0 Å². The molecule has 0 heterocycles. The van der Waals surface area contributed by atoms with E-state index in [-0.39, 0.29) is 5.97 Å². The number of allylic oxidation sites excluding steroid dienone is 1. The van der Waals surface area contributed by atoms with Crippen molar-refractivity contribution in [1.29, 1.82) is 0 Å². The van der Waals surface area contributed by atoms with E-state index >= 15 is 0 Å². The van der Waals surface area contributed by atoms with Crippen LogP contribution in [0.3, 0.4) is 0 Å². The summed E-state index contributed by atoms with van der Waals surface area (Å²) in [7, 11) is 0. The van der Waals surface area contributed by atoms with Crippen LogP contribution in [-0.2, 0) is 9.53 Å². The maximum absolute atomic E-state index is 10.1. The number of hydrogen-bond donors (Lipinski definition) is 0. The maximum atomic E-state index is 10.1. The van der Waals surface area contributed by atoms with Gasteiger partial charge in [0.25, 0.3) is 0 Å². The van der Waals surface area contributed by atoms with Crippen LogP contribution in [-0.4, -0.2) is 12.6 Å². The molecule has 17 heavy (non-hydrogen) atoms. The summed E-state index contributed by atoms with van der Waals surface area (Å²) in [6.45, 7) is 5.38. The third-order valence-corrected chi connectivity index (χ3v) is 2.16. The van der Waals surface area contributed by atoms with E-state index in [1.54, 1.807) is 12.5 Å². The average molecular weight is 230 g/mol. The van der Waals surface area contributed by atoms with Gasteiger partial charge in [0.05, 0.1) is 6.61 Å². The molecule has 2 nitrogen and oxygen atoms in total. The van der Waals surface area contributed by atoms with Gasteiger partial charge in [-0.3, -0.25) is 0 Å². The monoisotopic (exact) mass is 230 g/mol. The Balaban J connectivity index is 0.000000185. The second-order valence-corrected chi connectivity index (χ2v) is 3.67. The van der Waals surface area contributed by atoms with Crippen molar-refractivity contribution in [3.8, 4) is 0 Å². The van der Waals surface area contributed by atoms with Gasteiger partial charge in [-0.05, 0) is 25.3 Å². The van der Waals surface area contributed by atoms with Crippen LogP contribution in [0.1, 0.15) is 25.3 Å². The quantitative estimate of drug-likeness (QED) is 0.586. The largest absolute Gasteiger partial charge is 0.463 e. The second-order valence-electron chi connectivity index (χ2n) is 3.67. The molecule has 0 saturated heterocycles. The van der Waals surface area contributed by atoms with Crippen LogP contribution in [0.15, 0.2) is 48.6 Å². The Bertz CT molecular complexity index is 385. The Hall–Kier alpha value is -1.83. The first-order valence-corrected chi connectivity index (χ1v) is 5.80. The van der Waals surface area contributed by atoms with Gasteiger partial charge in [0.15, 0.2) is 0 Å². The highest BCUT2D eigenvalue weighted by Gasteiger charge is 2.09. The van der Waals surface area contributed by atoms with E-state index in [1.165, 1.54) is 18.4 Å². The number of benzene rings is 1. The van der Waals surface area contributed by atoms with Crippen LogP contribution in [0.4, 0.5) is 0 Å². The average Bonchev–Trinajstić information content (AvgIpc) is 3.15. The summed E-state index contributed by atoms with van der Waals surface area (Å²) in [5.74, 6) is -0.359. The van der Waals surface area contributed by atoms with Gasteiger partial charge in [0, 0.05) is 6.08 Å². The fourth-order valence-electron chi connectivity index (χ4n) is 1.20. The summed E-state index contributed by atoms with van der Waals surface area (Å²) >= 11 is 0. The molecule has 0 spiro atoms. The lowest BCUT2D eigenvalue weighted by molar-refractivity contribution is -0.137. The van der Waals surface area contributed by atoms with E-state index in [2.05, 4.69) is 47.7 Å². The van der Waals surface area contributed by atoms with Crippen LogP contribution in [0, 0.1) is 0 Å². The summed E-state index contributed by atoms with van der Waals surface area (Å²) < 4.78 is 4.43. The van der Waals surface area contributed by atoms with Crippen LogP contribution in [0.2, 0.25) is 0 Å². The fourth-order valence-corrected chi connectivity index (χ4v) is 1.20. The molecular formula is C15H18O2. The minimum Gasteiger partial charge on any atom is -0.463 e. The van der Waals surface area contributed by atoms with Gasteiger partial charge < -0.3 is 4.74 Å². The van der Waals surface area contributed by atoms with E-state index in [0.29, 0.717) is 6.61 Å². The summed E-state index contributed by atoms with van der Waals surface area (Å²) in [5, 5.41) is 0. The van der Waals surface area contributed by atoms with Crippen LogP contribution < -0.4 is 0 Å². The predicted octanol–water partition coefficient (Wildman–Crippen LogP) is 3.60. The summed E-state index contributed by atoms with van der Waals surface area (Å²) in [6, 6.07) is 10.5. The Labute approximate surface area is 103 Å². The van der Waals surface area contributed by atoms with Crippen LogP contribution in [0.25, 0.3) is 6.08 Å². The molecule has 0 aromatic heterocycles. The first-order valence-electron chi connectivity index (χ1n) is 5.80. The van der Waals surface area contributed by atoms with Crippen molar-refractivity contribution in [2.45, 2.75) is 19.8 Å². The molecular weight excluding hydrogens is 212 g/mol. The Morgan fingerprint density at radius 3 is 2.41 bits per heavy atom. The van der Waals surface area contributed by atoms with Crippen molar-refractivity contribution in [1.82, 2.24) is 0 Å². The molecule has 0 atom stereocenters. The number of hydrogen-bond acceptors (Lipinski definition) is 2.